The molecule has 5 heteroatoms. The van der Waals surface area contributed by atoms with Crippen molar-refractivity contribution in [1.29, 1.82) is 0 Å². The number of para-hydroxylation sites is 1. The van der Waals surface area contributed by atoms with E-state index < -0.39 is 0 Å². The van der Waals surface area contributed by atoms with Crippen molar-refractivity contribution in [1.82, 2.24) is 5.32 Å². The highest BCUT2D eigenvalue weighted by atomic mass is 16.6. The van der Waals surface area contributed by atoms with Gasteiger partial charge in [-0.15, -0.1) is 0 Å². The van der Waals surface area contributed by atoms with E-state index in [1.165, 1.54) is 0 Å². The lowest BCUT2D eigenvalue weighted by atomic mass is 9.98. The summed E-state index contributed by atoms with van der Waals surface area (Å²) in [6.07, 6.45) is 3.23. The Balaban J connectivity index is 2.27. The van der Waals surface area contributed by atoms with Crippen LogP contribution < -0.4 is 5.32 Å². The number of furan rings is 1. The molecule has 0 saturated heterocycles. The topological polar surface area (TPSA) is 68.3 Å². The van der Waals surface area contributed by atoms with Crippen molar-refractivity contribution in [3.8, 4) is 0 Å². The van der Waals surface area contributed by atoms with E-state index in [0.29, 0.717) is 6.42 Å². The predicted octanol–water partition coefficient (Wildman–Crippen LogP) is 3.78. The van der Waals surface area contributed by atoms with Crippen molar-refractivity contribution >= 4 is 5.69 Å². The summed E-state index contributed by atoms with van der Waals surface area (Å²) in [7, 11) is 0. The number of aryl methyl sites for hydroxylation is 1. The van der Waals surface area contributed by atoms with E-state index in [1.807, 2.05) is 25.1 Å². The van der Waals surface area contributed by atoms with Crippen LogP contribution in [0.15, 0.2) is 41.0 Å². The van der Waals surface area contributed by atoms with E-state index >= 15 is 0 Å². The first-order valence-corrected chi connectivity index (χ1v) is 7.13. The number of nitro groups is 1. The minimum atomic E-state index is -0.325. The Bertz CT molecular complexity index is 607. The summed E-state index contributed by atoms with van der Waals surface area (Å²) in [6, 6.07) is 8.84. The summed E-state index contributed by atoms with van der Waals surface area (Å²) < 4.78 is 5.37. The number of rotatable bonds is 7. The van der Waals surface area contributed by atoms with Crippen LogP contribution in [0.2, 0.25) is 0 Å². The van der Waals surface area contributed by atoms with Crippen molar-refractivity contribution in [2.75, 3.05) is 6.54 Å². The van der Waals surface area contributed by atoms with Crippen LogP contribution in [-0.2, 0) is 6.42 Å². The molecule has 21 heavy (non-hydrogen) atoms. The van der Waals surface area contributed by atoms with Crippen molar-refractivity contribution in [2.24, 2.45) is 0 Å². The second-order valence-electron chi connectivity index (χ2n) is 5.03. The van der Waals surface area contributed by atoms with Crippen LogP contribution in [0.5, 0.6) is 0 Å². The van der Waals surface area contributed by atoms with Gasteiger partial charge in [-0.25, -0.2) is 0 Å². The van der Waals surface area contributed by atoms with Gasteiger partial charge in [0.2, 0.25) is 0 Å². The van der Waals surface area contributed by atoms with Gasteiger partial charge in [0.05, 0.1) is 11.2 Å². The quantitative estimate of drug-likeness (QED) is 0.622. The molecule has 0 saturated carbocycles. The Morgan fingerprint density at radius 2 is 2.10 bits per heavy atom. The van der Waals surface area contributed by atoms with Gasteiger partial charge in [0, 0.05) is 23.2 Å². The zero-order chi connectivity index (χ0) is 15.2. The molecule has 2 aromatic rings. The number of hydrogen-bond donors (Lipinski definition) is 1. The standard InChI is InChI=1S/C16H20N2O3/c1-3-9-17-15(14-8-10-21-12(14)2)11-13-6-4-5-7-16(13)18(19)20/h4-8,10,15,17H,3,9,11H2,1-2H3. The minimum absolute atomic E-state index is 0.0183. The molecule has 0 radical (unpaired) electrons. The van der Waals surface area contributed by atoms with Crippen molar-refractivity contribution in [2.45, 2.75) is 32.7 Å². The van der Waals surface area contributed by atoms with Crippen LogP contribution in [0.4, 0.5) is 5.69 Å². The molecule has 0 aliphatic heterocycles. The molecule has 0 bridgehead atoms. The molecule has 1 N–H and O–H groups in total. The maximum absolute atomic E-state index is 11.1. The Kier molecular flexibility index (Phi) is 5.11. The summed E-state index contributed by atoms with van der Waals surface area (Å²) in [6.45, 7) is 4.86. The predicted molar refractivity (Wildman–Crippen MR) is 81.3 cm³/mol. The molecular formula is C16H20N2O3. The highest BCUT2D eigenvalue weighted by Gasteiger charge is 2.20. The summed E-state index contributed by atoms with van der Waals surface area (Å²) in [5.41, 5.74) is 1.96. The maximum Gasteiger partial charge on any atom is 0.272 e. The molecule has 0 amide bonds. The van der Waals surface area contributed by atoms with Crippen molar-refractivity contribution in [3.05, 3.63) is 63.6 Å². The molecule has 1 heterocycles. The van der Waals surface area contributed by atoms with E-state index in [9.17, 15) is 10.1 Å². The molecule has 0 aliphatic rings. The molecule has 1 unspecified atom stereocenters. The Hall–Kier alpha value is -2.14. The summed E-state index contributed by atoms with van der Waals surface area (Å²) in [4.78, 5) is 10.8. The largest absolute Gasteiger partial charge is 0.469 e. The second-order valence-corrected chi connectivity index (χ2v) is 5.03. The fourth-order valence-electron chi connectivity index (χ4n) is 2.45. The molecule has 5 nitrogen and oxygen atoms in total. The first-order valence-electron chi connectivity index (χ1n) is 7.13. The lowest BCUT2D eigenvalue weighted by Gasteiger charge is -2.18. The van der Waals surface area contributed by atoms with E-state index in [-0.39, 0.29) is 16.7 Å². The average Bonchev–Trinajstić information content (AvgIpc) is 2.90. The molecule has 0 fully saturated rings. The van der Waals surface area contributed by atoms with Crippen LogP contribution in [0, 0.1) is 17.0 Å². The lowest BCUT2D eigenvalue weighted by molar-refractivity contribution is -0.385. The zero-order valence-electron chi connectivity index (χ0n) is 12.3. The molecule has 112 valence electrons. The first-order chi connectivity index (χ1) is 10.1. The van der Waals surface area contributed by atoms with E-state index in [4.69, 9.17) is 4.42 Å². The van der Waals surface area contributed by atoms with E-state index in [0.717, 1.165) is 29.9 Å². The van der Waals surface area contributed by atoms with Crippen LogP contribution in [0.25, 0.3) is 0 Å². The molecule has 0 spiro atoms. The van der Waals surface area contributed by atoms with Gasteiger partial charge in [0.1, 0.15) is 5.76 Å². The normalized spacial score (nSPS) is 12.3. The fourth-order valence-corrected chi connectivity index (χ4v) is 2.45. The maximum atomic E-state index is 11.1. The first kappa shape index (κ1) is 15.3. The van der Waals surface area contributed by atoms with Crippen LogP contribution >= 0.6 is 0 Å². The summed E-state index contributed by atoms with van der Waals surface area (Å²) >= 11 is 0. The second kappa shape index (κ2) is 7.04. The zero-order valence-corrected chi connectivity index (χ0v) is 12.3. The van der Waals surface area contributed by atoms with Crippen LogP contribution in [0.3, 0.4) is 0 Å². The van der Waals surface area contributed by atoms with Crippen LogP contribution in [0.1, 0.15) is 36.3 Å². The number of hydrogen-bond acceptors (Lipinski definition) is 4. The van der Waals surface area contributed by atoms with Crippen molar-refractivity contribution < 1.29 is 9.34 Å². The van der Waals surface area contributed by atoms with E-state index in [2.05, 4.69) is 12.2 Å². The number of nitrogens with zero attached hydrogens (tertiary/aromatic N) is 1. The van der Waals surface area contributed by atoms with Gasteiger partial charge < -0.3 is 9.73 Å². The Morgan fingerprint density at radius 1 is 1.33 bits per heavy atom. The Labute approximate surface area is 124 Å². The molecule has 0 aliphatic carbocycles. The van der Waals surface area contributed by atoms with Gasteiger partial charge in [-0.1, -0.05) is 25.1 Å². The van der Waals surface area contributed by atoms with E-state index in [1.54, 1.807) is 18.4 Å². The highest BCUT2D eigenvalue weighted by molar-refractivity contribution is 5.41. The summed E-state index contributed by atoms with van der Waals surface area (Å²) in [5, 5.41) is 14.6. The molecule has 1 aromatic heterocycles. The smallest absolute Gasteiger partial charge is 0.272 e. The molecular weight excluding hydrogens is 268 g/mol. The molecule has 1 atom stereocenters. The SMILES string of the molecule is CCCNC(Cc1ccccc1[N+](=O)[O-])c1ccoc1C. The lowest BCUT2D eigenvalue weighted by Crippen LogP contribution is -2.24. The molecule has 2 rings (SSSR count). The van der Waals surface area contributed by atoms with Gasteiger partial charge in [-0.3, -0.25) is 10.1 Å². The molecule has 1 aromatic carbocycles. The van der Waals surface area contributed by atoms with Gasteiger partial charge in [0.15, 0.2) is 0 Å². The third kappa shape index (κ3) is 3.70. The number of nitro benzene ring substituents is 1. The van der Waals surface area contributed by atoms with Crippen molar-refractivity contribution in [3.63, 3.8) is 0 Å². The minimum Gasteiger partial charge on any atom is -0.469 e. The number of nitrogens with one attached hydrogen (secondary N) is 1. The fraction of sp³-hybridized carbons (Fsp3) is 0.375. The van der Waals surface area contributed by atoms with Gasteiger partial charge in [-0.05, 0) is 32.4 Å². The van der Waals surface area contributed by atoms with Gasteiger partial charge in [0.25, 0.3) is 5.69 Å². The average molecular weight is 288 g/mol. The monoisotopic (exact) mass is 288 g/mol. The Morgan fingerprint density at radius 3 is 2.71 bits per heavy atom. The highest BCUT2D eigenvalue weighted by Crippen LogP contribution is 2.27. The van der Waals surface area contributed by atoms with Gasteiger partial charge in [-0.2, -0.15) is 0 Å². The van der Waals surface area contributed by atoms with Crippen LogP contribution in [-0.4, -0.2) is 11.5 Å². The number of benzene rings is 1. The third-order valence-corrected chi connectivity index (χ3v) is 3.53. The van der Waals surface area contributed by atoms with Gasteiger partial charge >= 0.3 is 0 Å². The third-order valence-electron chi connectivity index (χ3n) is 3.53. The summed E-state index contributed by atoms with van der Waals surface area (Å²) in [5.74, 6) is 0.849.